The van der Waals surface area contributed by atoms with Crippen LogP contribution in [0.1, 0.15) is 59.1 Å². The Balaban J connectivity index is 1.57. The minimum atomic E-state index is -4.65. The Bertz CT molecular complexity index is 908. The highest BCUT2D eigenvalue weighted by Crippen LogP contribution is 2.40. The van der Waals surface area contributed by atoms with Crippen molar-refractivity contribution in [2.24, 2.45) is 5.92 Å². The van der Waals surface area contributed by atoms with E-state index in [2.05, 4.69) is 31.2 Å². The van der Waals surface area contributed by atoms with E-state index in [1.807, 2.05) is 0 Å². The van der Waals surface area contributed by atoms with E-state index >= 15 is 0 Å². The van der Waals surface area contributed by atoms with E-state index in [0.29, 0.717) is 11.5 Å². The summed E-state index contributed by atoms with van der Waals surface area (Å²) in [7, 11) is 0. The van der Waals surface area contributed by atoms with Crippen LogP contribution < -0.4 is 0 Å². The summed E-state index contributed by atoms with van der Waals surface area (Å²) < 4.78 is 52.4. The highest BCUT2D eigenvalue weighted by atomic mass is 19.4. The number of benzene rings is 2. The summed E-state index contributed by atoms with van der Waals surface area (Å²) in [5.41, 5.74) is 5.11. The minimum absolute atomic E-state index is 0.0710. The van der Waals surface area contributed by atoms with Gasteiger partial charge in [0.2, 0.25) is 0 Å². The van der Waals surface area contributed by atoms with Crippen LogP contribution in [0.15, 0.2) is 42.5 Å². The Kier molecular flexibility index (Phi) is 5.07. The monoisotopic (exact) mass is 388 g/mol. The summed E-state index contributed by atoms with van der Waals surface area (Å²) >= 11 is 0. The average molecular weight is 388 g/mol. The molecule has 2 aliphatic carbocycles. The third-order valence-corrected chi connectivity index (χ3v) is 6.32. The average Bonchev–Trinajstić information content (AvgIpc) is 2.66. The first-order chi connectivity index (χ1) is 13.4. The fraction of sp³-hybridized carbons (Fsp3) is 0.417. The normalized spacial score (nSPS) is 22.2. The van der Waals surface area contributed by atoms with Gasteiger partial charge in [0.05, 0.1) is 5.56 Å². The van der Waals surface area contributed by atoms with Crippen molar-refractivity contribution in [3.8, 4) is 0 Å². The molecular formula is C24H24F4. The largest absolute Gasteiger partial charge is 0.419 e. The quantitative estimate of drug-likeness (QED) is 0.392. The van der Waals surface area contributed by atoms with Gasteiger partial charge in [-0.2, -0.15) is 13.2 Å². The number of alkyl halides is 3. The molecule has 0 spiro atoms. The van der Waals surface area contributed by atoms with Crippen LogP contribution in [0.2, 0.25) is 0 Å². The Hall–Kier alpha value is -2.10. The van der Waals surface area contributed by atoms with Crippen molar-refractivity contribution < 1.29 is 17.6 Å². The van der Waals surface area contributed by atoms with Crippen molar-refractivity contribution in [1.82, 2.24) is 0 Å². The van der Waals surface area contributed by atoms with Gasteiger partial charge in [-0.1, -0.05) is 30.4 Å². The summed E-state index contributed by atoms with van der Waals surface area (Å²) in [6.07, 6.45) is 5.65. The van der Waals surface area contributed by atoms with Crippen molar-refractivity contribution in [2.45, 2.75) is 57.5 Å². The lowest BCUT2D eigenvalue weighted by Gasteiger charge is -2.31. The zero-order valence-electron chi connectivity index (χ0n) is 16.0. The Morgan fingerprint density at radius 1 is 0.929 bits per heavy atom. The van der Waals surface area contributed by atoms with Gasteiger partial charge in [-0.05, 0) is 97.2 Å². The van der Waals surface area contributed by atoms with Crippen LogP contribution in [0.25, 0.3) is 0 Å². The molecule has 2 unspecified atom stereocenters. The molecule has 2 aliphatic rings. The maximum absolute atomic E-state index is 14.0. The first-order valence-corrected chi connectivity index (χ1v) is 9.98. The summed E-state index contributed by atoms with van der Waals surface area (Å²) in [5.74, 6) is -0.486. The zero-order chi connectivity index (χ0) is 19.9. The Morgan fingerprint density at radius 2 is 1.61 bits per heavy atom. The zero-order valence-corrected chi connectivity index (χ0v) is 16.0. The fourth-order valence-corrected chi connectivity index (χ4v) is 4.93. The summed E-state index contributed by atoms with van der Waals surface area (Å²) in [5, 5.41) is 0. The molecule has 4 heteroatoms. The third kappa shape index (κ3) is 3.61. The van der Waals surface area contributed by atoms with Gasteiger partial charge in [0.25, 0.3) is 0 Å². The molecule has 4 rings (SSSR count). The molecule has 0 amide bonds. The van der Waals surface area contributed by atoms with E-state index in [9.17, 15) is 17.6 Å². The second kappa shape index (κ2) is 7.38. The third-order valence-electron chi connectivity index (χ3n) is 6.32. The Morgan fingerprint density at radius 3 is 2.25 bits per heavy atom. The van der Waals surface area contributed by atoms with Crippen molar-refractivity contribution in [2.75, 3.05) is 0 Å². The predicted molar refractivity (Wildman–Crippen MR) is 103 cm³/mol. The van der Waals surface area contributed by atoms with E-state index in [1.54, 1.807) is 0 Å². The molecular weight excluding hydrogens is 364 g/mol. The van der Waals surface area contributed by atoms with Gasteiger partial charge in [0, 0.05) is 0 Å². The SMILES string of the molecule is C/C=C/C1CCc2c(ccc3c2CCC(c2ccc(C(F)(F)F)c(F)c2)C3)C1. The van der Waals surface area contributed by atoms with Crippen LogP contribution >= 0.6 is 0 Å². The van der Waals surface area contributed by atoms with Gasteiger partial charge >= 0.3 is 6.18 Å². The van der Waals surface area contributed by atoms with Gasteiger partial charge in [-0.25, -0.2) is 4.39 Å². The van der Waals surface area contributed by atoms with E-state index in [4.69, 9.17) is 0 Å². The van der Waals surface area contributed by atoms with E-state index in [0.717, 1.165) is 44.2 Å². The van der Waals surface area contributed by atoms with E-state index in [1.165, 1.54) is 34.7 Å². The molecule has 0 N–H and O–H groups in total. The number of allylic oxidation sites excluding steroid dienone is 2. The van der Waals surface area contributed by atoms with Crippen molar-refractivity contribution in [3.63, 3.8) is 0 Å². The highest BCUT2D eigenvalue weighted by Gasteiger charge is 2.34. The number of fused-ring (bicyclic) bond motifs is 3. The Labute approximate surface area is 163 Å². The molecule has 0 aliphatic heterocycles. The number of hydrogen-bond acceptors (Lipinski definition) is 0. The van der Waals surface area contributed by atoms with Gasteiger partial charge in [-0.15, -0.1) is 0 Å². The summed E-state index contributed by atoms with van der Waals surface area (Å²) in [6.45, 7) is 2.06. The van der Waals surface area contributed by atoms with Crippen LogP contribution in [-0.2, 0) is 31.9 Å². The molecule has 28 heavy (non-hydrogen) atoms. The number of hydrogen-bond donors (Lipinski definition) is 0. The fourth-order valence-electron chi connectivity index (χ4n) is 4.93. The molecule has 0 heterocycles. The molecule has 0 saturated heterocycles. The first-order valence-electron chi connectivity index (χ1n) is 9.98. The van der Waals surface area contributed by atoms with Crippen molar-refractivity contribution in [1.29, 1.82) is 0 Å². The molecule has 0 saturated carbocycles. The van der Waals surface area contributed by atoms with Gasteiger partial charge in [-0.3, -0.25) is 0 Å². The molecule has 0 fully saturated rings. The number of rotatable bonds is 2. The smallest absolute Gasteiger partial charge is 0.206 e. The molecule has 2 aromatic carbocycles. The first kappa shape index (κ1) is 19.2. The van der Waals surface area contributed by atoms with Gasteiger partial charge in [0.1, 0.15) is 5.82 Å². The van der Waals surface area contributed by atoms with E-state index in [-0.39, 0.29) is 5.92 Å². The maximum atomic E-state index is 14.0. The van der Waals surface area contributed by atoms with E-state index < -0.39 is 17.6 Å². The molecule has 0 nitrogen and oxygen atoms in total. The molecule has 148 valence electrons. The second-order valence-corrected chi connectivity index (χ2v) is 8.05. The van der Waals surface area contributed by atoms with Crippen molar-refractivity contribution >= 4 is 0 Å². The van der Waals surface area contributed by atoms with Crippen molar-refractivity contribution in [3.05, 3.63) is 81.7 Å². The van der Waals surface area contributed by atoms with Crippen LogP contribution in [0.5, 0.6) is 0 Å². The minimum Gasteiger partial charge on any atom is -0.206 e. The van der Waals surface area contributed by atoms with Crippen LogP contribution in [0.3, 0.4) is 0 Å². The highest BCUT2D eigenvalue weighted by molar-refractivity contribution is 5.46. The lowest BCUT2D eigenvalue weighted by Crippen LogP contribution is -2.20. The van der Waals surface area contributed by atoms with Gasteiger partial charge in [0.15, 0.2) is 0 Å². The number of halogens is 4. The predicted octanol–water partition coefficient (Wildman–Crippen LogP) is 6.80. The lowest BCUT2D eigenvalue weighted by molar-refractivity contribution is -0.140. The maximum Gasteiger partial charge on any atom is 0.419 e. The summed E-state index contributed by atoms with van der Waals surface area (Å²) in [6, 6.07) is 7.81. The molecule has 0 aromatic heterocycles. The van der Waals surface area contributed by atoms with Crippen LogP contribution in [0, 0.1) is 11.7 Å². The van der Waals surface area contributed by atoms with Crippen LogP contribution in [-0.4, -0.2) is 0 Å². The summed E-state index contributed by atoms with van der Waals surface area (Å²) in [4.78, 5) is 0. The van der Waals surface area contributed by atoms with Crippen LogP contribution in [0.4, 0.5) is 17.6 Å². The molecule has 0 radical (unpaired) electrons. The topological polar surface area (TPSA) is 0 Å². The lowest BCUT2D eigenvalue weighted by atomic mass is 9.74. The molecule has 0 bridgehead atoms. The second-order valence-electron chi connectivity index (χ2n) is 8.05. The molecule has 2 atom stereocenters. The van der Waals surface area contributed by atoms with Gasteiger partial charge < -0.3 is 0 Å². The molecule has 2 aromatic rings. The standard InChI is InChI=1S/C24H24F4/c1-2-3-15-4-9-20-18(12-15)5-6-19-13-16(7-10-21(19)20)17-8-11-22(23(25)14-17)24(26,27)28/h2-3,5-6,8,11,14-16H,4,7,9-10,12-13H2,1H3/b3-2+.